The summed E-state index contributed by atoms with van der Waals surface area (Å²) < 4.78 is 0. The number of hydrogen-bond donors (Lipinski definition) is 2. The van der Waals surface area contributed by atoms with Gasteiger partial charge in [0.1, 0.15) is 0 Å². The van der Waals surface area contributed by atoms with Crippen molar-refractivity contribution in [2.24, 2.45) is 5.92 Å². The summed E-state index contributed by atoms with van der Waals surface area (Å²) in [5, 5.41) is 6.72. The van der Waals surface area contributed by atoms with Crippen LogP contribution in [-0.2, 0) is 0 Å². The lowest BCUT2D eigenvalue weighted by Crippen LogP contribution is -2.26. The molecule has 0 radical (unpaired) electrons. The van der Waals surface area contributed by atoms with E-state index in [-0.39, 0.29) is 24.8 Å². The lowest BCUT2D eigenvalue weighted by atomic mass is 9.89. The third-order valence-electron chi connectivity index (χ3n) is 2.94. The van der Waals surface area contributed by atoms with E-state index in [1.54, 1.807) is 0 Å². The number of hydrogen-bond acceptors (Lipinski definition) is 2. The van der Waals surface area contributed by atoms with Gasteiger partial charge in [-0.1, -0.05) is 19.3 Å². The van der Waals surface area contributed by atoms with Gasteiger partial charge in [0, 0.05) is 0 Å². The molecule has 15 heavy (non-hydrogen) atoms. The molecule has 0 saturated heterocycles. The molecule has 1 fully saturated rings. The number of rotatable bonds is 6. The maximum Gasteiger partial charge on any atom is -0.00205 e. The molecule has 0 bridgehead atoms. The van der Waals surface area contributed by atoms with Gasteiger partial charge in [0.05, 0.1) is 0 Å². The van der Waals surface area contributed by atoms with E-state index in [2.05, 4.69) is 10.6 Å². The largest absolute Gasteiger partial charge is 0.320 e. The Morgan fingerprint density at radius 3 is 2.27 bits per heavy atom. The van der Waals surface area contributed by atoms with Gasteiger partial charge < -0.3 is 10.6 Å². The third kappa shape index (κ3) is 9.43. The van der Waals surface area contributed by atoms with Crippen molar-refractivity contribution in [1.82, 2.24) is 10.6 Å². The average molecular weight is 257 g/mol. The fraction of sp³-hybridized carbons (Fsp3) is 1.00. The maximum atomic E-state index is 3.55. The molecular formula is C11H26Cl2N2. The van der Waals surface area contributed by atoms with Gasteiger partial charge in [-0.2, -0.15) is 0 Å². The Morgan fingerprint density at radius 2 is 1.67 bits per heavy atom. The van der Waals surface area contributed by atoms with Crippen LogP contribution >= 0.6 is 24.8 Å². The molecule has 0 unspecified atom stereocenters. The minimum Gasteiger partial charge on any atom is -0.320 e. The highest BCUT2D eigenvalue weighted by Crippen LogP contribution is 2.22. The Morgan fingerprint density at radius 1 is 1.00 bits per heavy atom. The van der Waals surface area contributed by atoms with Gasteiger partial charge in [-0.3, -0.25) is 0 Å². The van der Waals surface area contributed by atoms with Gasteiger partial charge in [0.2, 0.25) is 0 Å². The quantitative estimate of drug-likeness (QED) is 0.715. The summed E-state index contributed by atoms with van der Waals surface area (Å²) in [6.45, 7) is 3.57. The first kappa shape index (κ1) is 17.9. The smallest absolute Gasteiger partial charge is 0.00205 e. The second-order valence-electron chi connectivity index (χ2n) is 4.17. The van der Waals surface area contributed by atoms with Gasteiger partial charge in [-0.05, 0) is 51.9 Å². The fourth-order valence-electron chi connectivity index (χ4n) is 2.09. The second kappa shape index (κ2) is 12.6. The number of halogens is 2. The van der Waals surface area contributed by atoms with Crippen molar-refractivity contribution < 1.29 is 0 Å². The Balaban J connectivity index is 0. The molecule has 0 heterocycles. The summed E-state index contributed by atoms with van der Waals surface area (Å²) in [5.74, 6) is 0.975. The predicted molar refractivity (Wildman–Crippen MR) is 72.5 cm³/mol. The predicted octanol–water partition coefficient (Wildman–Crippen LogP) is 2.61. The lowest BCUT2D eigenvalue weighted by Gasteiger charge is -2.21. The minimum absolute atomic E-state index is 0. The highest BCUT2D eigenvalue weighted by Gasteiger charge is 2.11. The standard InChI is InChI=1S/C11H24N2.2ClH/c1-12-8-5-9-13-10-11-6-3-2-4-7-11;;/h11-13H,2-10H2,1H3;2*1H. The first-order valence-electron chi connectivity index (χ1n) is 5.79. The van der Waals surface area contributed by atoms with Crippen molar-refractivity contribution in [3.63, 3.8) is 0 Å². The van der Waals surface area contributed by atoms with Crippen molar-refractivity contribution in [3.05, 3.63) is 0 Å². The van der Waals surface area contributed by atoms with E-state index in [9.17, 15) is 0 Å². The van der Waals surface area contributed by atoms with E-state index in [0.717, 1.165) is 12.5 Å². The molecule has 94 valence electrons. The normalized spacial score (nSPS) is 16.6. The molecule has 4 heteroatoms. The summed E-state index contributed by atoms with van der Waals surface area (Å²) in [4.78, 5) is 0. The van der Waals surface area contributed by atoms with Gasteiger partial charge in [-0.15, -0.1) is 24.8 Å². The molecule has 0 aromatic heterocycles. The summed E-state index contributed by atoms with van der Waals surface area (Å²) in [6.07, 6.45) is 8.56. The van der Waals surface area contributed by atoms with Crippen LogP contribution in [0.5, 0.6) is 0 Å². The molecule has 1 rings (SSSR count). The Hall–Kier alpha value is 0.500. The van der Waals surface area contributed by atoms with E-state index >= 15 is 0 Å². The molecule has 0 atom stereocenters. The molecular weight excluding hydrogens is 231 g/mol. The van der Waals surface area contributed by atoms with E-state index in [0.29, 0.717) is 0 Å². The first-order chi connectivity index (χ1) is 6.43. The van der Waals surface area contributed by atoms with Crippen LogP contribution in [0.1, 0.15) is 38.5 Å². The summed E-state index contributed by atoms with van der Waals surface area (Å²) >= 11 is 0. The zero-order valence-corrected chi connectivity index (χ0v) is 11.4. The molecule has 0 amide bonds. The van der Waals surface area contributed by atoms with Gasteiger partial charge in [0.25, 0.3) is 0 Å². The Kier molecular flexibility index (Phi) is 15.0. The van der Waals surface area contributed by atoms with Crippen LogP contribution in [-0.4, -0.2) is 26.7 Å². The molecule has 1 aliphatic rings. The zero-order chi connectivity index (χ0) is 9.36. The minimum atomic E-state index is 0. The van der Waals surface area contributed by atoms with Crippen LogP contribution < -0.4 is 10.6 Å². The van der Waals surface area contributed by atoms with Gasteiger partial charge in [0.15, 0.2) is 0 Å². The molecule has 1 saturated carbocycles. The maximum absolute atomic E-state index is 3.55. The van der Waals surface area contributed by atoms with E-state index in [4.69, 9.17) is 0 Å². The molecule has 0 aromatic carbocycles. The molecule has 0 aliphatic heterocycles. The Labute approximate surface area is 107 Å². The van der Waals surface area contributed by atoms with Crippen LogP contribution in [0.25, 0.3) is 0 Å². The third-order valence-corrected chi connectivity index (χ3v) is 2.94. The van der Waals surface area contributed by atoms with E-state index in [1.165, 1.54) is 51.6 Å². The Bertz CT molecular complexity index is 117. The molecule has 2 N–H and O–H groups in total. The fourth-order valence-corrected chi connectivity index (χ4v) is 2.09. The van der Waals surface area contributed by atoms with Crippen molar-refractivity contribution in [3.8, 4) is 0 Å². The average Bonchev–Trinajstić information content (AvgIpc) is 2.19. The van der Waals surface area contributed by atoms with Crippen LogP contribution in [0, 0.1) is 5.92 Å². The van der Waals surface area contributed by atoms with Crippen molar-refractivity contribution in [2.45, 2.75) is 38.5 Å². The zero-order valence-electron chi connectivity index (χ0n) is 9.76. The van der Waals surface area contributed by atoms with Crippen molar-refractivity contribution >= 4 is 24.8 Å². The molecule has 1 aliphatic carbocycles. The summed E-state index contributed by atoms with van der Waals surface area (Å²) in [7, 11) is 2.02. The highest BCUT2D eigenvalue weighted by atomic mass is 35.5. The highest BCUT2D eigenvalue weighted by molar-refractivity contribution is 5.85. The van der Waals surface area contributed by atoms with Gasteiger partial charge >= 0.3 is 0 Å². The van der Waals surface area contributed by atoms with Crippen LogP contribution in [0.2, 0.25) is 0 Å². The molecule has 2 nitrogen and oxygen atoms in total. The summed E-state index contributed by atoms with van der Waals surface area (Å²) in [6, 6.07) is 0. The monoisotopic (exact) mass is 256 g/mol. The van der Waals surface area contributed by atoms with E-state index in [1.807, 2.05) is 7.05 Å². The molecule has 0 spiro atoms. The molecule has 0 aromatic rings. The van der Waals surface area contributed by atoms with Crippen LogP contribution in [0.15, 0.2) is 0 Å². The van der Waals surface area contributed by atoms with Crippen molar-refractivity contribution in [1.29, 1.82) is 0 Å². The lowest BCUT2D eigenvalue weighted by molar-refractivity contribution is 0.342. The first-order valence-corrected chi connectivity index (χ1v) is 5.79. The SMILES string of the molecule is CNCCCNCC1CCCCC1.Cl.Cl. The number of nitrogens with one attached hydrogen (secondary N) is 2. The topological polar surface area (TPSA) is 24.1 Å². The van der Waals surface area contributed by atoms with Crippen LogP contribution in [0.4, 0.5) is 0 Å². The van der Waals surface area contributed by atoms with Crippen molar-refractivity contribution in [2.75, 3.05) is 26.7 Å². The second-order valence-corrected chi connectivity index (χ2v) is 4.17. The van der Waals surface area contributed by atoms with Gasteiger partial charge in [-0.25, -0.2) is 0 Å². The van der Waals surface area contributed by atoms with E-state index < -0.39 is 0 Å². The van der Waals surface area contributed by atoms with Crippen LogP contribution in [0.3, 0.4) is 0 Å². The summed E-state index contributed by atoms with van der Waals surface area (Å²) in [5.41, 5.74) is 0.